The van der Waals surface area contributed by atoms with Crippen molar-refractivity contribution >= 4 is 29.4 Å². The molecule has 3 amide bonds. The van der Waals surface area contributed by atoms with Crippen LogP contribution in [0.1, 0.15) is 45.5 Å². The van der Waals surface area contributed by atoms with Gasteiger partial charge in [-0.05, 0) is 56.2 Å². The molecular weight excluding hydrogens is 384 g/mol. The second kappa shape index (κ2) is 7.74. The van der Waals surface area contributed by atoms with Crippen molar-refractivity contribution in [3.63, 3.8) is 0 Å². The van der Waals surface area contributed by atoms with Crippen LogP contribution < -0.4 is 4.90 Å². The summed E-state index contributed by atoms with van der Waals surface area (Å²) in [4.78, 5) is 53.3. The first-order chi connectivity index (χ1) is 14.4. The number of hydrogen-bond acceptors (Lipinski definition) is 5. The topological polar surface area (TPSA) is 84.0 Å². The number of benzene rings is 2. The van der Waals surface area contributed by atoms with Crippen LogP contribution in [0, 0.1) is 6.92 Å². The highest BCUT2D eigenvalue weighted by Gasteiger charge is 2.48. The van der Waals surface area contributed by atoms with Crippen molar-refractivity contribution < 1.29 is 23.9 Å². The first-order valence-corrected chi connectivity index (χ1v) is 9.85. The first kappa shape index (κ1) is 19.8. The van der Waals surface area contributed by atoms with E-state index in [0.717, 1.165) is 23.3 Å². The number of carbonyl (C=O) groups is 4. The van der Waals surface area contributed by atoms with Crippen LogP contribution in [-0.4, -0.2) is 47.8 Å². The minimum absolute atomic E-state index is 0.0257. The van der Waals surface area contributed by atoms with Crippen molar-refractivity contribution in [1.82, 2.24) is 4.90 Å². The first-order valence-electron chi connectivity index (χ1n) is 9.85. The number of imide groups is 1. The Bertz CT molecular complexity index is 1010. The Morgan fingerprint density at radius 1 is 0.967 bits per heavy atom. The molecule has 2 aromatic carbocycles. The number of hydrogen-bond donors (Lipinski definition) is 0. The molecule has 0 bridgehead atoms. The molecule has 30 heavy (non-hydrogen) atoms. The fourth-order valence-corrected chi connectivity index (χ4v) is 3.73. The van der Waals surface area contributed by atoms with Gasteiger partial charge in [0.2, 0.25) is 5.91 Å². The molecule has 4 rings (SSSR count). The normalized spacial score (nSPS) is 18.5. The molecule has 7 heteroatoms. The van der Waals surface area contributed by atoms with Crippen molar-refractivity contribution in [3.05, 3.63) is 65.2 Å². The van der Waals surface area contributed by atoms with E-state index in [1.807, 2.05) is 19.1 Å². The van der Waals surface area contributed by atoms with E-state index in [1.165, 1.54) is 31.4 Å². The molecule has 0 spiro atoms. The third kappa shape index (κ3) is 3.58. The molecule has 2 fully saturated rings. The lowest BCUT2D eigenvalue weighted by Gasteiger charge is -2.27. The van der Waals surface area contributed by atoms with Gasteiger partial charge in [-0.2, -0.15) is 0 Å². The molecule has 1 unspecified atom stereocenters. The van der Waals surface area contributed by atoms with E-state index in [9.17, 15) is 19.2 Å². The zero-order chi connectivity index (χ0) is 21.4. The average molecular weight is 406 g/mol. The predicted molar refractivity (Wildman–Crippen MR) is 109 cm³/mol. The second-order valence-electron chi connectivity index (χ2n) is 7.64. The number of nitrogens with zero attached hydrogens (tertiary/aromatic N) is 2. The number of ether oxygens (including phenoxy) is 1. The van der Waals surface area contributed by atoms with Gasteiger partial charge in [0.25, 0.3) is 11.8 Å². The highest BCUT2D eigenvalue weighted by molar-refractivity contribution is 6.23. The van der Waals surface area contributed by atoms with Gasteiger partial charge in [-0.3, -0.25) is 14.4 Å². The Morgan fingerprint density at radius 3 is 2.13 bits per heavy atom. The van der Waals surface area contributed by atoms with Crippen molar-refractivity contribution in [2.75, 3.05) is 12.0 Å². The number of esters is 1. The zero-order valence-corrected chi connectivity index (χ0v) is 16.8. The molecule has 1 heterocycles. The Hall–Kier alpha value is -3.48. The number of carbonyl (C=O) groups excluding carboxylic acids is 4. The Morgan fingerprint density at radius 2 is 1.57 bits per heavy atom. The van der Waals surface area contributed by atoms with E-state index in [1.54, 1.807) is 17.0 Å². The molecule has 1 saturated carbocycles. The molecule has 1 saturated heterocycles. The van der Waals surface area contributed by atoms with Crippen LogP contribution in [0.4, 0.5) is 5.69 Å². The Balaban J connectivity index is 1.59. The van der Waals surface area contributed by atoms with Crippen molar-refractivity contribution in [2.24, 2.45) is 0 Å². The van der Waals surface area contributed by atoms with Gasteiger partial charge < -0.3 is 9.64 Å². The molecule has 1 aliphatic carbocycles. The monoisotopic (exact) mass is 406 g/mol. The van der Waals surface area contributed by atoms with Gasteiger partial charge in [-0.15, -0.1) is 0 Å². The van der Waals surface area contributed by atoms with Crippen LogP contribution in [-0.2, 0) is 14.3 Å². The maximum atomic E-state index is 13.2. The van der Waals surface area contributed by atoms with E-state index >= 15 is 0 Å². The molecular formula is C23H22N2O5. The number of amides is 3. The highest BCUT2D eigenvalue weighted by atomic mass is 16.5. The summed E-state index contributed by atoms with van der Waals surface area (Å²) in [6.45, 7) is 1.94. The van der Waals surface area contributed by atoms with Gasteiger partial charge in [-0.1, -0.05) is 17.7 Å². The summed E-state index contributed by atoms with van der Waals surface area (Å²) in [7, 11) is 1.28. The Labute approximate surface area is 174 Å². The summed E-state index contributed by atoms with van der Waals surface area (Å²) >= 11 is 0. The largest absolute Gasteiger partial charge is 0.465 e. The quantitative estimate of drug-likeness (QED) is 0.563. The number of rotatable bonds is 5. The molecule has 7 nitrogen and oxygen atoms in total. The van der Waals surface area contributed by atoms with Gasteiger partial charge in [0, 0.05) is 11.6 Å². The van der Waals surface area contributed by atoms with Gasteiger partial charge in [-0.25, -0.2) is 9.69 Å². The number of anilines is 1. The molecule has 154 valence electrons. The van der Waals surface area contributed by atoms with E-state index in [-0.39, 0.29) is 24.3 Å². The van der Waals surface area contributed by atoms with E-state index < -0.39 is 17.9 Å². The number of aryl methyl sites for hydroxylation is 1. The summed E-state index contributed by atoms with van der Waals surface area (Å²) in [5.74, 6) is -1.51. The van der Waals surface area contributed by atoms with E-state index in [0.29, 0.717) is 16.8 Å². The third-order valence-electron chi connectivity index (χ3n) is 5.48. The minimum atomic E-state index is -0.820. The molecule has 0 radical (unpaired) electrons. The summed E-state index contributed by atoms with van der Waals surface area (Å²) in [6, 6.07) is 12.4. The molecule has 1 aliphatic heterocycles. The minimum Gasteiger partial charge on any atom is -0.465 e. The summed E-state index contributed by atoms with van der Waals surface area (Å²) in [5.41, 5.74) is 2.25. The average Bonchev–Trinajstić information content (AvgIpc) is 3.54. The van der Waals surface area contributed by atoms with E-state index in [4.69, 9.17) is 0 Å². The highest BCUT2D eigenvalue weighted by Crippen LogP contribution is 2.35. The maximum absolute atomic E-state index is 13.2. The van der Waals surface area contributed by atoms with Crippen LogP contribution in [0.3, 0.4) is 0 Å². The lowest BCUT2D eigenvalue weighted by molar-refractivity contribution is -0.122. The molecule has 2 aromatic rings. The molecule has 0 N–H and O–H groups in total. The number of methoxy groups -OCH3 is 1. The molecule has 0 aromatic heterocycles. The lowest BCUT2D eigenvalue weighted by atomic mass is 10.1. The second-order valence-corrected chi connectivity index (χ2v) is 7.64. The van der Waals surface area contributed by atoms with Crippen molar-refractivity contribution in [1.29, 1.82) is 0 Å². The zero-order valence-electron chi connectivity index (χ0n) is 16.8. The summed E-state index contributed by atoms with van der Waals surface area (Å²) in [6.07, 6.45) is 1.60. The SMILES string of the molecule is COC(=O)c1ccc(N2C(=O)CC(N(C(=O)c3ccc(C)cc3)C3CC3)C2=O)cc1. The van der Waals surface area contributed by atoms with E-state index in [2.05, 4.69) is 4.74 Å². The predicted octanol–water partition coefficient (Wildman–Crippen LogP) is 2.72. The lowest BCUT2D eigenvalue weighted by Crippen LogP contribution is -2.46. The summed E-state index contributed by atoms with van der Waals surface area (Å²) < 4.78 is 4.67. The third-order valence-corrected chi connectivity index (χ3v) is 5.48. The van der Waals surface area contributed by atoms with Crippen LogP contribution >= 0.6 is 0 Å². The fraction of sp³-hybridized carbons (Fsp3) is 0.304. The summed E-state index contributed by atoms with van der Waals surface area (Å²) in [5, 5.41) is 0. The maximum Gasteiger partial charge on any atom is 0.337 e. The van der Waals surface area contributed by atoms with Crippen molar-refractivity contribution in [3.8, 4) is 0 Å². The van der Waals surface area contributed by atoms with Gasteiger partial charge in [0.05, 0.1) is 24.8 Å². The van der Waals surface area contributed by atoms with Gasteiger partial charge in [0.15, 0.2) is 0 Å². The molecule has 2 aliphatic rings. The van der Waals surface area contributed by atoms with Crippen LogP contribution in [0.5, 0.6) is 0 Å². The Kier molecular flexibility index (Phi) is 5.11. The van der Waals surface area contributed by atoms with Gasteiger partial charge >= 0.3 is 5.97 Å². The van der Waals surface area contributed by atoms with Crippen LogP contribution in [0.25, 0.3) is 0 Å². The van der Waals surface area contributed by atoms with Gasteiger partial charge in [0.1, 0.15) is 6.04 Å². The van der Waals surface area contributed by atoms with Crippen LogP contribution in [0.2, 0.25) is 0 Å². The van der Waals surface area contributed by atoms with Crippen LogP contribution in [0.15, 0.2) is 48.5 Å². The van der Waals surface area contributed by atoms with Crippen molar-refractivity contribution in [2.45, 2.75) is 38.3 Å². The standard InChI is InChI=1S/C23H22N2O5/c1-14-3-5-15(6-4-14)21(27)24(17-11-12-17)19-13-20(26)25(22(19)28)18-9-7-16(8-10-18)23(29)30-2/h3-10,17,19H,11-13H2,1-2H3. The fourth-order valence-electron chi connectivity index (χ4n) is 3.73. The smallest absolute Gasteiger partial charge is 0.337 e. The molecule has 1 atom stereocenters.